The Bertz CT molecular complexity index is 457. The predicted octanol–water partition coefficient (Wildman–Crippen LogP) is 2.05. The van der Waals surface area contributed by atoms with Crippen molar-refractivity contribution in [1.82, 2.24) is 0 Å². The third kappa shape index (κ3) is 2.48. The Hall–Kier alpha value is -1.55. The standard InChI is InChI=1S/C14H19NO3/c1-18-14-10-5-3-2-4-9(10)6-7-11(14)12(15)8-13(16)17/h6-7,12H,2-5,8,15H2,1H3,(H,16,17). The van der Waals surface area contributed by atoms with Crippen LogP contribution in [0.4, 0.5) is 0 Å². The molecule has 0 aromatic heterocycles. The summed E-state index contributed by atoms with van der Waals surface area (Å²) in [7, 11) is 1.63. The van der Waals surface area contributed by atoms with Crippen molar-refractivity contribution in [2.75, 3.05) is 7.11 Å². The average molecular weight is 249 g/mol. The summed E-state index contributed by atoms with van der Waals surface area (Å²) < 4.78 is 5.47. The van der Waals surface area contributed by atoms with Crippen LogP contribution in [-0.2, 0) is 17.6 Å². The molecule has 1 aromatic rings. The highest BCUT2D eigenvalue weighted by Gasteiger charge is 2.21. The number of aliphatic carboxylic acids is 1. The first-order valence-electron chi connectivity index (χ1n) is 6.29. The van der Waals surface area contributed by atoms with Gasteiger partial charge in [0.15, 0.2) is 0 Å². The van der Waals surface area contributed by atoms with Crippen molar-refractivity contribution < 1.29 is 14.6 Å². The summed E-state index contributed by atoms with van der Waals surface area (Å²) >= 11 is 0. The number of nitrogens with two attached hydrogens (primary N) is 1. The maximum Gasteiger partial charge on any atom is 0.305 e. The molecular weight excluding hydrogens is 230 g/mol. The van der Waals surface area contributed by atoms with Gasteiger partial charge in [-0.1, -0.05) is 12.1 Å². The Balaban J connectivity index is 2.38. The van der Waals surface area contributed by atoms with E-state index in [2.05, 4.69) is 6.07 Å². The van der Waals surface area contributed by atoms with Crippen LogP contribution < -0.4 is 10.5 Å². The van der Waals surface area contributed by atoms with Crippen molar-refractivity contribution in [3.8, 4) is 5.75 Å². The van der Waals surface area contributed by atoms with E-state index in [1.807, 2.05) is 6.07 Å². The highest BCUT2D eigenvalue weighted by molar-refractivity contribution is 5.68. The number of carboxylic acid groups (broad SMARTS) is 1. The van der Waals surface area contributed by atoms with E-state index >= 15 is 0 Å². The summed E-state index contributed by atoms with van der Waals surface area (Å²) in [5, 5.41) is 8.83. The molecule has 0 heterocycles. The van der Waals surface area contributed by atoms with Gasteiger partial charge in [-0.15, -0.1) is 0 Å². The smallest absolute Gasteiger partial charge is 0.305 e. The molecule has 2 rings (SSSR count). The summed E-state index contributed by atoms with van der Waals surface area (Å²) in [6.07, 6.45) is 4.35. The van der Waals surface area contributed by atoms with Gasteiger partial charge in [0.05, 0.1) is 13.5 Å². The van der Waals surface area contributed by atoms with Crippen LogP contribution in [-0.4, -0.2) is 18.2 Å². The van der Waals surface area contributed by atoms with Gasteiger partial charge in [-0.25, -0.2) is 0 Å². The molecule has 0 saturated carbocycles. The summed E-state index contributed by atoms with van der Waals surface area (Å²) in [5.74, 6) is -0.0942. The molecule has 1 aromatic carbocycles. The largest absolute Gasteiger partial charge is 0.496 e. The summed E-state index contributed by atoms with van der Waals surface area (Å²) in [6, 6.07) is 3.47. The Labute approximate surface area is 107 Å². The number of aryl methyl sites for hydroxylation is 1. The molecule has 0 aliphatic heterocycles. The molecule has 1 unspecified atom stereocenters. The van der Waals surface area contributed by atoms with Gasteiger partial charge in [-0.3, -0.25) is 4.79 Å². The van der Waals surface area contributed by atoms with Crippen LogP contribution in [0.5, 0.6) is 5.75 Å². The minimum absolute atomic E-state index is 0.0743. The number of methoxy groups -OCH3 is 1. The molecule has 1 atom stereocenters. The molecule has 1 aliphatic rings. The lowest BCUT2D eigenvalue weighted by Crippen LogP contribution is -2.17. The molecule has 4 heteroatoms. The van der Waals surface area contributed by atoms with E-state index in [1.54, 1.807) is 7.11 Å². The van der Waals surface area contributed by atoms with E-state index in [0.717, 1.165) is 30.6 Å². The average Bonchev–Trinajstić information content (AvgIpc) is 2.36. The van der Waals surface area contributed by atoms with Crippen LogP contribution in [0.15, 0.2) is 12.1 Å². The maximum atomic E-state index is 10.8. The SMILES string of the molecule is COc1c(C(N)CC(=O)O)ccc2c1CCCC2. The van der Waals surface area contributed by atoms with E-state index in [-0.39, 0.29) is 6.42 Å². The molecular formula is C14H19NO3. The quantitative estimate of drug-likeness (QED) is 0.856. The molecule has 98 valence electrons. The van der Waals surface area contributed by atoms with E-state index in [0.29, 0.717) is 0 Å². The number of hydrogen-bond donors (Lipinski definition) is 2. The number of carboxylic acids is 1. The Morgan fingerprint density at radius 2 is 2.17 bits per heavy atom. The topological polar surface area (TPSA) is 72.5 Å². The third-order valence-electron chi connectivity index (χ3n) is 3.51. The molecule has 0 bridgehead atoms. The predicted molar refractivity (Wildman–Crippen MR) is 68.8 cm³/mol. The van der Waals surface area contributed by atoms with E-state index < -0.39 is 12.0 Å². The van der Waals surface area contributed by atoms with Crippen molar-refractivity contribution >= 4 is 5.97 Å². The van der Waals surface area contributed by atoms with E-state index in [1.165, 1.54) is 17.5 Å². The molecule has 3 N–H and O–H groups in total. The first-order chi connectivity index (χ1) is 8.63. The zero-order valence-electron chi connectivity index (χ0n) is 10.6. The molecule has 1 aliphatic carbocycles. The van der Waals surface area contributed by atoms with Gasteiger partial charge < -0.3 is 15.6 Å². The van der Waals surface area contributed by atoms with Crippen molar-refractivity contribution in [3.63, 3.8) is 0 Å². The van der Waals surface area contributed by atoms with Gasteiger partial charge in [0, 0.05) is 11.6 Å². The zero-order valence-corrected chi connectivity index (χ0v) is 10.6. The highest BCUT2D eigenvalue weighted by atomic mass is 16.5. The number of rotatable bonds is 4. The van der Waals surface area contributed by atoms with Crippen LogP contribution in [0.1, 0.15) is 42.0 Å². The highest BCUT2D eigenvalue weighted by Crippen LogP contribution is 2.35. The monoisotopic (exact) mass is 249 g/mol. The number of hydrogen-bond acceptors (Lipinski definition) is 3. The number of ether oxygens (including phenoxy) is 1. The third-order valence-corrected chi connectivity index (χ3v) is 3.51. The molecule has 0 radical (unpaired) electrons. The first kappa shape index (κ1) is 12.9. The minimum Gasteiger partial charge on any atom is -0.496 e. The van der Waals surface area contributed by atoms with Gasteiger partial charge in [-0.05, 0) is 36.8 Å². The molecule has 0 fully saturated rings. The van der Waals surface area contributed by atoms with Crippen molar-refractivity contribution in [1.29, 1.82) is 0 Å². The second kappa shape index (κ2) is 5.40. The number of carbonyl (C=O) groups is 1. The normalized spacial score (nSPS) is 15.9. The van der Waals surface area contributed by atoms with Crippen LogP contribution in [0.25, 0.3) is 0 Å². The van der Waals surface area contributed by atoms with E-state index in [9.17, 15) is 4.79 Å². The van der Waals surface area contributed by atoms with Crippen LogP contribution in [0, 0.1) is 0 Å². The van der Waals surface area contributed by atoms with Crippen LogP contribution in [0.3, 0.4) is 0 Å². The van der Waals surface area contributed by atoms with Crippen LogP contribution >= 0.6 is 0 Å². The first-order valence-corrected chi connectivity index (χ1v) is 6.29. The van der Waals surface area contributed by atoms with Crippen molar-refractivity contribution in [3.05, 3.63) is 28.8 Å². The zero-order chi connectivity index (χ0) is 13.1. The van der Waals surface area contributed by atoms with Gasteiger partial charge in [0.2, 0.25) is 0 Å². The van der Waals surface area contributed by atoms with Gasteiger partial charge in [0.25, 0.3) is 0 Å². The summed E-state index contributed by atoms with van der Waals surface area (Å²) in [6.45, 7) is 0. The summed E-state index contributed by atoms with van der Waals surface area (Å²) in [5.41, 5.74) is 9.27. The molecule has 0 spiro atoms. The Morgan fingerprint density at radius 3 is 2.83 bits per heavy atom. The fourth-order valence-corrected chi connectivity index (χ4v) is 2.64. The van der Waals surface area contributed by atoms with Gasteiger partial charge in [-0.2, -0.15) is 0 Å². The number of benzene rings is 1. The van der Waals surface area contributed by atoms with Gasteiger partial charge >= 0.3 is 5.97 Å². The van der Waals surface area contributed by atoms with Crippen molar-refractivity contribution in [2.45, 2.75) is 38.1 Å². The number of fused-ring (bicyclic) bond motifs is 1. The maximum absolute atomic E-state index is 10.8. The second-order valence-corrected chi connectivity index (χ2v) is 4.74. The van der Waals surface area contributed by atoms with Gasteiger partial charge in [0.1, 0.15) is 5.75 Å². The molecule has 4 nitrogen and oxygen atoms in total. The Morgan fingerprint density at radius 1 is 1.44 bits per heavy atom. The minimum atomic E-state index is -0.887. The molecule has 0 saturated heterocycles. The lowest BCUT2D eigenvalue weighted by Gasteiger charge is -2.23. The molecule has 0 amide bonds. The second-order valence-electron chi connectivity index (χ2n) is 4.74. The summed E-state index contributed by atoms with van der Waals surface area (Å²) in [4.78, 5) is 10.8. The Kier molecular flexibility index (Phi) is 3.87. The van der Waals surface area contributed by atoms with E-state index in [4.69, 9.17) is 15.6 Å². The fourth-order valence-electron chi connectivity index (χ4n) is 2.64. The fraction of sp³-hybridized carbons (Fsp3) is 0.500. The lowest BCUT2D eigenvalue weighted by atomic mass is 9.87. The lowest BCUT2D eigenvalue weighted by molar-refractivity contribution is -0.137. The van der Waals surface area contributed by atoms with Crippen LogP contribution in [0.2, 0.25) is 0 Å². The van der Waals surface area contributed by atoms with Crippen molar-refractivity contribution in [2.24, 2.45) is 5.73 Å². The molecule has 18 heavy (non-hydrogen) atoms.